The fourth-order valence-electron chi connectivity index (χ4n) is 2.19. The molecule has 0 aliphatic rings. The predicted molar refractivity (Wildman–Crippen MR) is 80.8 cm³/mol. The summed E-state index contributed by atoms with van der Waals surface area (Å²) in [5.41, 5.74) is 8.81. The lowest BCUT2D eigenvalue weighted by atomic mass is 10.0. The third-order valence-corrected chi connectivity index (χ3v) is 4.01. The van der Waals surface area contributed by atoms with Gasteiger partial charge < -0.3 is 10.8 Å². The minimum atomic E-state index is -0.663. The monoisotopic (exact) mass is 293 g/mol. The summed E-state index contributed by atoms with van der Waals surface area (Å²) >= 11 is 6.09. The van der Waals surface area contributed by atoms with Crippen molar-refractivity contribution in [3.63, 3.8) is 0 Å². The number of aryl methyl sites for hydroxylation is 1. The lowest BCUT2D eigenvalue weighted by Gasteiger charge is -2.19. The number of rotatable bonds is 5. The third kappa shape index (κ3) is 3.39. The first-order valence-electron chi connectivity index (χ1n) is 6.66. The zero-order valence-electron chi connectivity index (χ0n) is 11.8. The average molecular weight is 294 g/mol. The van der Waals surface area contributed by atoms with Crippen LogP contribution in [0.2, 0.25) is 5.02 Å². The zero-order chi connectivity index (χ0) is 14.7. The van der Waals surface area contributed by atoms with Crippen molar-refractivity contribution >= 4 is 11.6 Å². The maximum Gasteiger partial charge on any atom is 0.0889 e. The van der Waals surface area contributed by atoms with E-state index < -0.39 is 6.10 Å². The molecule has 0 saturated heterocycles. The molecule has 1 aromatic carbocycles. The topological polar surface area (TPSA) is 64.1 Å². The standard InChI is InChI=1S/C15H20ClN3O/c1-10-15(16)11(2)19(18-10)9-14(20)13(17)8-12-6-4-3-5-7-12/h3-7,13-14,20H,8-9,17H2,1-2H3. The van der Waals surface area contributed by atoms with E-state index in [1.54, 1.807) is 4.68 Å². The molecule has 20 heavy (non-hydrogen) atoms. The summed E-state index contributed by atoms with van der Waals surface area (Å²) in [5, 5.41) is 15.2. The molecule has 0 saturated carbocycles. The van der Waals surface area contributed by atoms with Gasteiger partial charge in [0.25, 0.3) is 0 Å². The molecule has 0 amide bonds. The number of halogens is 1. The van der Waals surface area contributed by atoms with Gasteiger partial charge in [-0.2, -0.15) is 5.10 Å². The Morgan fingerprint density at radius 1 is 1.30 bits per heavy atom. The molecule has 2 unspecified atom stereocenters. The van der Waals surface area contributed by atoms with Crippen LogP contribution in [0.1, 0.15) is 17.0 Å². The highest BCUT2D eigenvalue weighted by Crippen LogP contribution is 2.19. The summed E-state index contributed by atoms with van der Waals surface area (Å²) in [4.78, 5) is 0. The van der Waals surface area contributed by atoms with E-state index in [1.807, 2.05) is 44.2 Å². The number of hydrogen-bond donors (Lipinski definition) is 2. The Kier molecular flexibility index (Phi) is 4.81. The van der Waals surface area contributed by atoms with E-state index in [1.165, 1.54) is 0 Å². The Morgan fingerprint density at radius 3 is 2.50 bits per heavy atom. The van der Waals surface area contributed by atoms with Gasteiger partial charge in [-0.15, -0.1) is 0 Å². The van der Waals surface area contributed by atoms with Gasteiger partial charge in [0.15, 0.2) is 0 Å². The van der Waals surface area contributed by atoms with Gasteiger partial charge in [-0.1, -0.05) is 41.9 Å². The maximum atomic E-state index is 10.2. The van der Waals surface area contributed by atoms with E-state index in [2.05, 4.69) is 5.10 Å². The lowest BCUT2D eigenvalue weighted by molar-refractivity contribution is 0.120. The Balaban J connectivity index is 2.00. The Bertz CT molecular complexity index is 568. The van der Waals surface area contributed by atoms with Crippen LogP contribution in [0.4, 0.5) is 0 Å². The second-order valence-corrected chi connectivity index (χ2v) is 5.47. The Labute approximate surface area is 124 Å². The van der Waals surface area contributed by atoms with Crippen LogP contribution in [0.15, 0.2) is 30.3 Å². The highest BCUT2D eigenvalue weighted by atomic mass is 35.5. The first kappa shape index (κ1) is 15.0. The van der Waals surface area contributed by atoms with Crippen LogP contribution in [0.3, 0.4) is 0 Å². The molecule has 0 spiro atoms. The minimum absolute atomic E-state index is 0.333. The molecule has 3 N–H and O–H groups in total. The van der Waals surface area contributed by atoms with E-state index in [-0.39, 0.29) is 6.04 Å². The van der Waals surface area contributed by atoms with Crippen molar-refractivity contribution in [2.75, 3.05) is 0 Å². The van der Waals surface area contributed by atoms with Gasteiger partial charge in [-0.25, -0.2) is 0 Å². The van der Waals surface area contributed by atoms with Gasteiger partial charge in [-0.05, 0) is 25.8 Å². The van der Waals surface area contributed by atoms with Crippen molar-refractivity contribution in [2.24, 2.45) is 5.73 Å². The van der Waals surface area contributed by atoms with Gasteiger partial charge in [0.1, 0.15) is 0 Å². The summed E-state index contributed by atoms with van der Waals surface area (Å²) in [6.07, 6.45) is -0.0287. The fourth-order valence-corrected chi connectivity index (χ4v) is 2.32. The van der Waals surface area contributed by atoms with Crippen molar-refractivity contribution in [3.8, 4) is 0 Å². The van der Waals surface area contributed by atoms with E-state index >= 15 is 0 Å². The van der Waals surface area contributed by atoms with Crippen LogP contribution in [-0.4, -0.2) is 27.0 Å². The smallest absolute Gasteiger partial charge is 0.0889 e. The molecule has 1 aromatic heterocycles. The van der Waals surface area contributed by atoms with E-state index in [4.69, 9.17) is 17.3 Å². The molecule has 4 nitrogen and oxygen atoms in total. The highest BCUT2D eigenvalue weighted by molar-refractivity contribution is 6.31. The zero-order valence-corrected chi connectivity index (χ0v) is 12.5. The molecule has 1 heterocycles. The molecule has 2 aromatic rings. The maximum absolute atomic E-state index is 10.2. The molecule has 0 aliphatic carbocycles. The van der Waals surface area contributed by atoms with Crippen LogP contribution >= 0.6 is 11.6 Å². The Morgan fingerprint density at radius 2 is 1.95 bits per heavy atom. The van der Waals surface area contributed by atoms with Gasteiger partial charge in [0, 0.05) is 6.04 Å². The van der Waals surface area contributed by atoms with Gasteiger partial charge in [0.05, 0.1) is 29.1 Å². The largest absolute Gasteiger partial charge is 0.390 e. The van der Waals surface area contributed by atoms with E-state index in [0.29, 0.717) is 18.0 Å². The predicted octanol–water partition coefficient (Wildman–Crippen LogP) is 2.08. The van der Waals surface area contributed by atoms with Crippen molar-refractivity contribution in [1.29, 1.82) is 0 Å². The summed E-state index contributed by atoms with van der Waals surface area (Å²) in [6, 6.07) is 9.58. The third-order valence-electron chi connectivity index (χ3n) is 3.46. The summed E-state index contributed by atoms with van der Waals surface area (Å²) in [7, 11) is 0. The van der Waals surface area contributed by atoms with Crippen molar-refractivity contribution < 1.29 is 5.11 Å². The molecule has 2 atom stereocenters. The van der Waals surface area contributed by atoms with Crippen LogP contribution in [0, 0.1) is 13.8 Å². The SMILES string of the molecule is Cc1nn(CC(O)C(N)Cc2ccccc2)c(C)c1Cl. The first-order chi connectivity index (χ1) is 9.49. The van der Waals surface area contributed by atoms with Gasteiger partial charge >= 0.3 is 0 Å². The molecule has 5 heteroatoms. The molecular weight excluding hydrogens is 274 g/mol. The van der Waals surface area contributed by atoms with Crippen LogP contribution in [0.5, 0.6) is 0 Å². The molecule has 0 aliphatic heterocycles. The number of nitrogens with zero attached hydrogens (tertiary/aromatic N) is 2. The van der Waals surface area contributed by atoms with Crippen molar-refractivity contribution in [3.05, 3.63) is 52.3 Å². The number of nitrogens with two attached hydrogens (primary N) is 1. The minimum Gasteiger partial charge on any atom is -0.390 e. The van der Waals surface area contributed by atoms with Crippen molar-refractivity contribution in [2.45, 2.75) is 39.0 Å². The highest BCUT2D eigenvalue weighted by Gasteiger charge is 2.18. The quantitative estimate of drug-likeness (QED) is 0.887. The second kappa shape index (κ2) is 6.39. The normalized spacial score (nSPS) is 14.2. The first-order valence-corrected chi connectivity index (χ1v) is 7.04. The van der Waals surface area contributed by atoms with Crippen LogP contribution < -0.4 is 5.73 Å². The number of benzene rings is 1. The lowest BCUT2D eigenvalue weighted by Crippen LogP contribution is -2.39. The number of aliphatic hydroxyl groups is 1. The summed E-state index contributed by atoms with van der Waals surface area (Å²) in [5.74, 6) is 0. The van der Waals surface area contributed by atoms with Crippen molar-refractivity contribution in [1.82, 2.24) is 9.78 Å². The molecule has 108 valence electrons. The van der Waals surface area contributed by atoms with E-state index in [0.717, 1.165) is 17.0 Å². The summed E-state index contributed by atoms with van der Waals surface area (Å²) < 4.78 is 1.72. The molecule has 2 rings (SSSR count). The average Bonchev–Trinajstić information content (AvgIpc) is 2.67. The molecular formula is C15H20ClN3O. The summed E-state index contributed by atoms with van der Waals surface area (Å²) in [6.45, 7) is 4.09. The molecule has 0 fully saturated rings. The van der Waals surface area contributed by atoms with Crippen LogP contribution in [-0.2, 0) is 13.0 Å². The van der Waals surface area contributed by atoms with Gasteiger partial charge in [0.2, 0.25) is 0 Å². The molecule has 0 radical (unpaired) electrons. The number of aromatic nitrogens is 2. The Hall–Kier alpha value is -1.36. The fraction of sp³-hybridized carbons (Fsp3) is 0.400. The van der Waals surface area contributed by atoms with Crippen LogP contribution in [0.25, 0.3) is 0 Å². The number of hydrogen-bond acceptors (Lipinski definition) is 3. The van der Waals surface area contributed by atoms with E-state index in [9.17, 15) is 5.11 Å². The molecule has 0 bridgehead atoms. The van der Waals surface area contributed by atoms with Gasteiger partial charge in [-0.3, -0.25) is 4.68 Å². The second-order valence-electron chi connectivity index (χ2n) is 5.09. The number of aliphatic hydroxyl groups excluding tert-OH is 1.